The molecule has 2 aromatic rings. The number of hydrogen-bond acceptors (Lipinski definition) is 2. The van der Waals surface area contributed by atoms with E-state index in [1.807, 2.05) is 45.0 Å². The molecule has 0 saturated heterocycles. The lowest BCUT2D eigenvalue weighted by atomic mass is 10.0. The molecule has 0 aliphatic heterocycles. The SMILES string of the molecule is Cc1ccc(NC(=O)CNC(=O)Cc2cc(C)ccc2C)c(Cl)c1. The zero-order valence-corrected chi connectivity index (χ0v) is 14.8. The molecule has 0 fully saturated rings. The van der Waals surface area contributed by atoms with Crippen LogP contribution in [0.2, 0.25) is 5.02 Å². The fourth-order valence-electron chi connectivity index (χ4n) is 2.32. The number of anilines is 1. The fraction of sp³-hybridized carbons (Fsp3) is 0.263. The summed E-state index contributed by atoms with van der Waals surface area (Å²) >= 11 is 6.07. The Labute approximate surface area is 147 Å². The minimum absolute atomic E-state index is 0.0894. The second kappa shape index (κ2) is 7.97. The number of aryl methyl sites for hydroxylation is 3. The molecule has 0 bridgehead atoms. The van der Waals surface area contributed by atoms with Gasteiger partial charge in [-0.15, -0.1) is 0 Å². The molecule has 0 radical (unpaired) electrons. The summed E-state index contributed by atoms with van der Waals surface area (Å²) in [6.07, 6.45) is 0.256. The van der Waals surface area contributed by atoms with E-state index >= 15 is 0 Å². The van der Waals surface area contributed by atoms with Crippen molar-refractivity contribution in [2.24, 2.45) is 0 Å². The van der Waals surface area contributed by atoms with Crippen LogP contribution in [0.4, 0.5) is 5.69 Å². The Kier molecular flexibility index (Phi) is 5.99. The Balaban J connectivity index is 1.87. The first-order valence-electron chi connectivity index (χ1n) is 7.74. The molecule has 0 unspecified atom stereocenters. The number of halogens is 1. The van der Waals surface area contributed by atoms with Gasteiger partial charge < -0.3 is 10.6 Å². The first-order chi connectivity index (χ1) is 11.3. The first kappa shape index (κ1) is 18.0. The summed E-state index contributed by atoms with van der Waals surface area (Å²) in [7, 11) is 0. The highest BCUT2D eigenvalue weighted by Crippen LogP contribution is 2.22. The van der Waals surface area contributed by atoms with Crippen molar-refractivity contribution in [3.05, 3.63) is 63.7 Å². The third-order valence-corrected chi connectivity index (χ3v) is 4.01. The average Bonchev–Trinajstić information content (AvgIpc) is 2.52. The Bertz CT molecular complexity index is 772. The molecule has 5 heteroatoms. The quantitative estimate of drug-likeness (QED) is 0.871. The summed E-state index contributed by atoms with van der Waals surface area (Å²) in [6.45, 7) is 5.78. The zero-order chi connectivity index (χ0) is 17.7. The summed E-state index contributed by atoms with van der Waals surface area (Å²) in [6, 6.07) is 11.4. The standard InChI is InChI=1S/C19H21ClN2O2/c1-12-4-6-14(3)15(8-12)10-18(23)21-11-19(24)22-17-7-5-13(2)9-16(17)20/h4-9H,10-11H2,1-3H3,(H,21,23)(H,22,24). The third kappa shape index (κ3) is 5.10. The summed E-state index contributed by atoms with van der Waals surface area (Å²) in [5.41, 5.74) is 4.69. The minimum Gasteiger partial charge on any atom is -0.347 e. The molecule has 0 saturated carbocycles. The predicted molar refractivity (Wildman–Crippen MR) is 97.4 cm³/mol. The average molecular weight is 345 g/mol. The molecule has 0 atom stereocenters. The molecular weight excluding hydrogens is 324 g/mol. The van der Waals surface area contributed by atoms with Crippen molar-refractivity contribution in [2.45, 2.75) is 27.2 Å². The van der Waals surface area contributed by atoms with Gasteiger partial charge in [-0.2, -0.15) is 0 Å². The van der Waals surface area contributed by atoms with Crippen LogP contribution in [0.25, 0.3) is 0 Å². The largest absolute Gasteiger partial charge is 0.347 e. The number of nitrogens with one attached hydrogen (secondary N) is 2. The van der Waals surface area contributed by atoms with Gasteiger partial charge in [0.1, 0.15) is 0 Å². The number of amides is 2. The van der Waals surface area contributed by atoms with Gasteiger partial charge in [0.2, 0.25) is 11.8 Å². The van der Waals surface area contributed by atoms with Crippen LogP contribution in [-0.4, -0.2) is 18.4 Å². The molecule has 2 aromatic carbocycles. The minimum atomic E-state index is -0.310. The maximum Gasteiger partial charge on any atom is 0.243 e. The molecule has 0 aromatic heterocycles. The van der Waals surface area contributed by atoms with Gasteiger partial charge >= 0.3 is 0 Å². The lowest BCUT2D eigenvalue weighted by molar-refractivity contribution is -0.123. The lowest BCUT2D eigenvalue weighted by Crippen LogP contribution is -2.34. The van der Waals surface area contributed by atoms with Crippen molar-refractivity contribution >= 4 is 29.1 Å². The third-order valence-electron chi connectivity index (χ3n) is 3.70. The second-order valence-corrected chi connectivity index (χ2v) is 6.32. The maximum absolute atomic E-state index is 12.0. The smallest absolute Gasteiger partial charge is 0.243 e. The summed E-state index contributed by atoms with van der Waals surface area (Å²) in [5, 5.41) is 5.80. The molecule has 2 rings (SSSR count). The molecule has 4 nitrogen and oxygen atoms in total. The van der Waals surface area contributed by atoms with E-state index in [0.717, 1.165) is 22.3 Å². The van der Waals surface area contributed by atoms with E-state index in [1.54, 1.807) is 12.1 Å². The summed E-state index contributed by atoms with van der Waals surface area (Å²) in [4.78, 5) is 24.0. The van der Waals surface area contributed by atoms with E-state index < -0.39 is 0 Å². The van der Waals surface area contributed by atoms with Gasteiger partial charge in [0, 0.05) is 0 Å². The van der Waals surface area contributed by atoms with Crippen molar-refractivity contribution in [3.63, 3.8) is 0 Å². The maximum atomic E-state index is 12.0. The lowest BCUT2D eigenvalue weighted by Gasteiger charge is -2.10. The Morgan fingerprint density at radius 3 is 2.33 bits per heavy atom. The highest BCUT2D eigenvalue weighted by atomic mass is 35.5. The molecule has 2 amide bonds. The van der Waals surface area contributed by atoms with Gasteiger partial charge in [0.15, 0.2) is 0 Å². The number of rotatable bonds is 5. The molecule has 0 aliphatic rings. The zero-order valence-electron chi connectivity index (χ0n) is 14.1. The topological polar surface area (TPSA) is 58.2 Å². The van der Waals surface area contributed by atoms with Crippen molar-refractivity contribution in [2.75, 3.05) is 11.9 Å². The summed E-state index contributed by atoms with van der Waals surface area (Å²) in [5.74, 6) is -0.496. The van der Waals surface area contributed by atoms with Crippen molar-refractivity contribution in [1.29, 1.82) is 0 Å². The van der Waals surface area contributed by atoms with Crippen LogP contribution < -0.4 is 10.6 Å². The van der Waals surface area contributed by atoms with Gasteiger partial charge in [-0.3, -0.25) is 9.59 Å². The van der Waals surface area contributed by atoms with Crippen LogP contribution in [0.15, 0.2) is 36.4 Å². The van der Waals surface area contributed by atoms with Gasteiger partial charge in [0.25, 0.3) is 0 Å². The fourth-order valence-corrected chi connectivity index (χ4v) is 2.60. The van der Waals surface area contributed by atoms with Crippen LogP contribution >= 0.6 is 11.6 Å². The van der Waals surface area contributed by atoms with Crippen molar-refractivity contribution < 1.29 is 9.59 Å². The second-order valence-electron chi connectivity index (χ2n) is 5.91. The van der Waals surface area contributed by atoms with Crippen molar-refractivity contribution in [3.8, 4) is 0 Å². The predicted octanol–water partition coefficient (Wildman–Crippen LogP) is 3.56. The van der Waals surface area contributed by atoms with Crippen LogP contribution in [0.3, 0.4) is 0 Å². The van der Waals surface area contributed by atoms with Crippen LogP contribution in [0, 0.1) is 20.8 Å². The Morgan fingerprint density at radius 1 is 0.958 bits per heavy atom. The van der Waals surface area contributed by atoms with E-state index in [-0.39, 0.29) is 24.8 Å². The van der Waals surface area contributed by atoms with E-state index in [0.29, 0.717) is 10.7 Å². The van der Waals surface area contributed by atoms with Gasteiger partial charge in [-0.25, -0.2) is 0 Å². The molecular formula is C19H21ClN2O2. The van der Waals surface area contributed by atoms with Crippen LogP contribution in [0.1, 0.15) is 22.3 Å². The van der Waals surface area contributed by atoms with Gasteiger partial charge in [0.05, 0.1) is 23.7 Å². The van der Waals surface area contributed by atoms with Crippen molar-refractivity contribution in [1.82, 2.24) is 5.32 Å². The Morgan fingerprint density at radius 2 is 1.62 bits per heavy atom. The highest BCUT2D eigenvalue weighted by Gasteiger charge is 2.10. The molecule has 0 aliphatic carbocycles. The van der Waals surface area contributed by atoms with Gasteiger partial charge in [-0.1, -0.05) is 41.4 Å². The monoisotopic (exact) mass is 344 g/mol. The first-order valence-corrected chi connectivity index (χ1v) is 8.12. The van der Waals surface area contributed by atoms with Crippen LogP contribution in [0.5, 0.6) is 0 Å². The number of benzene rings is 2. The van der Waals surface area contributed by atoms with Gasteiger partial charge in [-0.05, 0) is 49.6 Å². The summed E-state index contributed by atoms with van der Waals surface area (Å²) < 4.78 is 0. The Hall–Kier alpha value is -2.33. The van der Waals surface area contributed by atoms with E-state index in [2.05, 4.69) is 10.6 Å². The normalized spacial score (nSPS) is 10.3. The molecule has 2 N–H and O–H groups in total. The van der Waals surface area contributed by atoms with E-state index in [9.17, 15) is 9.59 Å². The number of carbonyl (C=O) groups excluding carboxylic acids is 2. The molecule has 126 valence electrons. The number of hydrogen-bond donors (Lipinski definition) is 2. The molecule has 0 spiro atoms. The van der Waals surface area contributed by atoms with E-state index in [4.69, 9.17) is 11.6 Å². The van der Waals surface area contributed by atoms with Crippen LogP contribution in [-0.2, 0) is 16.0 Å². The molecule has 24 heavy (non-hydrogen) atoms. The number of carbonyl (C=O) groups is 2. The molecule has 0 heterocycles. The van der Waals surface area contributed by atoms with E-state index in [1.165, 1.54) is 0 Å². The highest BCUT2D eigenvalue weighted by molar-refractivity contribution is 6.33.